The van der Waals surface area contributed by atoms with Crippen molar-refractivity contribution in [2.75, 3.05) is 5.32 Å². The van der Waals surface area contributed by atoms with Gasteiger partial charge in [0.05, 0.1) is 0 Å². The molecule has 1 aromatic rings. The molecule has 0 saturated carbocycles. The summed E-state index contributed by atoms with van der Waals surface area (Å²) in [6.45, 7) is 6.66. The van der Waals surface area contributed by atoms with E-state index in [0.29, 0.717) is 12.0 Å². The molecular weight excluding hydrogens is 353 g/mol. The molecule has 0 aromatic heterocycles. The summed E-state index contributed by atoms with van der Waals surface area (Å²) in [5, 5.41) is 3.51. The van der Waals surface area contributed by atoms with Crippen molar-refractivity contribution in [3.63, 3.8) is 0 Å². The molecule has 0 radical (unpaired) electrons. The average Bonchev–Trinajstić information content (AvgIpc) is 2.11. The van der Waals surface area contributed by atoms with Crippen LogP contribution in [-0.2, 0) is 0 Å². The molecule has 0 aliphatic rings. The van der Waals surface area contributed by atoms with Gasteiger partial charge < -0.3 is 5.32 Å². The van der Waals surface area contributed by atoms with Crippen LogP contribution in [0.4, 0.5) is 5.69 Å². The number of nitrogens with one attached hydrogen (secondary N) is 1. The van der Waals surface area contributed by atoms with Crippen LogP contribution < -0.4 is 5.32 Å². The van der Waals surface area contributed by atoms with Gasteiger partial charge in [-0.1, -0.05) is 29.8 Å². The van der Waals surface area contributed by atoms with Crippen LogP contribution >= 0.6 is 38.5 Å². The Kier molecular flexibility index (Phi) is 4.70. The standard InChI is InChI=1S/C11H15BrIN/c1-7(2)8(3)14-11-6-9(12)4-5-10(11)13/h4-8,14H,1-3H3. The van der Waals surface area contributed by atoms with Crippen molar-refractivity contribution in [2.24, 2.45) is 5.92 Å². The molecule has 1 N–H and O–H groups in total. The van der Waals surface area contributed by atoms with E-state index in [1.165, 1.54) is 9.26 Å². The van der Waals surface area contributed by atoms with Gasteiger partial charge in [0.1, 0.15) is 0 Å². The maximum atomic E-state index is 3.51. The van der Waals surface area contributed by atoms with E-state index in [1.54, 1.807) is 0 Å². The van der Waals surface area contributed by atoms with Crippen molar-refractivity contribution < 1.29 is 0 Å². The molecule has 78 valence electrons. The zero-order valence-electron chi connectivity index (χ0n) is 8.64. The van der Waals surface area contributed by atoms with Crippen LogP contribution in [-0.4, -0.2) is 6.04 Å². The SMILES string of the molecule is CC(C)C(C)Nc1cc(Br)ccc1I. The summed E-state index contributed by atoms with van der Waals surface area (Å²) in [5.41, 5.74) is 1.21. The summed E-state index contributed by atoms with van der Waals surface area (Å²) in [4.78, 5) is 0. The van der Waals surface area contributed by atoms with Gasteiger partial charge in [0.25, 0.3) is 0 Å². The summed E-state index contributed by atoms with van der Waals surface area (Å²) < 4.78 is 2.38. The van der Waals surface area contributed by atoms with Crippen molar-refractivity contribution in [1.82, 2.24) is 0 Å². The molecule has 14 heavy (non-hydrogen) atoms. The molecule has 0 amide bonds. The van der Waals surface area contributed by atoms with Gasteiger partial charge >= 0.3 is 0 Å². The van der Waals surface area contributed by atoms with Crippen LogP contribution in [0.2, 0.25) is 0 Å². The highest BCUT2D eigenvalue weighted by Gasteiger charge is 2.08. The van der Waals surface area contributed by atoms with Crippen molar-refractivity contribution in [3.8, 4) is 0 Å². The minimum absolute atomic E-state index is 0.498. The topological polar surface area (TPSA) is 12.0 Å². The third-order valence-corrected chi connectivity index (χ3v) is 3.75. The van der Waals surface area contributed by atoms with Gasteiger partial charge in [0.2, 0.25) is 0 Å². The summed E-state index contributed by atoms with van der Waals surface area (Å²) in [5.74, 6) is 0.643. The van der Waals surface area contributed by atoms with E-state index in [9.17, 15) is 0 Å². The van der Waals surface area contributed by atoms with Crippen LogP contribution in [0.1, 0.15) is 20.8 Å². The Morgan fingerprint density at radius 1 is 1.29 bits per heavy atom. The van der Waals surface area contributed by atoms with Gasteiger partial charge in [0, 0.05) is 19.8 Å². The lowest BCUT2D eigenvalue weighted by Gasteiger charge is -2.19. The minimum atomic E-state index is 0.498. The van der Waals surface area contributed by atoms with Gasteiger partial charge in [-0.3, -0.25) is 0 Å². The molecular formula is C11H15BrIN. The lowest BCUT2D eigenvalue weighted by atomic mass is 10.1. The Balaban J connectivity index is 2.80. The van der Waals surface area contributed by atoms with Crippen molar-refractivity contribution >= 4 is 44.2 Å². The molecule has 0 saturated heterocycles. The molecule has 0 aliphatic heterocycles. The Morgan fingerprint density at radius 3 is 2.50 bits per heavy atom. The second kappa shape index (κ2) is 5.35. The van der Waals surface area contributed by atoms with Gasteiger partial charge in [0.15, 0.2) is 0 Å². The fourth-order valence-corrected chi connectivity index (χ4v) is 1.87. The third kappa shape index (κ3) is 3.42. The zero-order chi connectivity index (χ0) is 10.7. The summed E-state index contributed by atoms with van der Waals surface area (Å²) in [6.07, 6.45) is 0. The van der Waals surface area contributed by atoms with Crippen LogP contribution in [0.25, 0.3) is 0 Å². The van der Waals surface area contributed by atoms with E-state index in [-0.39, 0.29) is 0 Å². The van der Waals surface area contributed by atoms with E-state index in [2.05, 4.69) is 82.8 Å². The molecule has 1 atom stereocenters. The number of halogens is 2. The van der Waals surface area contributed by atoms with Crippen LogP contribution in [0.3, 0.4) is 0 Å². The van der Waals surface area contributed by atoms with Crippen molar-refractivity contribution in [1.29, 1.82) is 0 Å². The lowest BCUT2D eigenvalue weighted by molar-refractivity contribution is 0.560. The molecule has 0 heterocycles. The smallest absolute Gasteiger partial charge is 0.0489 e. The van der Waals surface area contributed by atoms with Crippen LogP contribution in [0, 0.1) is 9.49 Å². The zero-order valence-corrected chi connectivity index (χ0v) is 12.4. The first-order valence-corrected chi connectivity index (χ1v) is 6.59. The van der Waals surface area contributed by atoms with E-state index >= 15 is 0 Å². The molecule has 1 aromatic carbocycles. The van der Waals surface area contributed by atoms with E-state index in [4.69, 9.17) is 0 Å². The number of hydrogen-bond donors (Lipinski definition) is 1. The monoisotopic (exact) mass is 367 g/mol. The highest BCUT2D eigenvalue weighted by Crippen LogP contribution is 2.24. The van der Waals surface area contributed by atoms with Gasteiger partial charge in [-0.15, -0.1) is 0 Å². The van der Waals surface area contributed by atoms with E-state index in [1.807, 2.05) is 0 Å². The molecule has 1 rings (SSSR count). The fourth-order valence-electron chi connectivity index (χ4n) is 1.02. The highest BCUT2D eigenvalue weighted by molar-refractivity contribution is 14.1. The number of benzene rings is 1. The minimum Gasteiger partial charge on any atom is -0.381 e. The number of hydrogen-bond acceptors (Lipinski definition) is 1. The van der Waals surface area contributed by atoms with E-state index in [0.717, 1.165) is 4.47 Å². The number of anilines is 1. The molecule has 1 unspecified atom stereocenters. The maximum absolute atomic E-state index is 3.51. The van der Waals surface area contributed by atoms with Crippen LogP contribution in [0.15, 0.2) is 22.7 Å². The van der Waals surface area contributed by atoms with E-state index < -0.39 is 0 Å². The Morgan fingerprint density at radius 2 is 1.93 bits per heavy atom. The predicted molar refractivity (Wildman–Crippen MR) is 74.8 cm³/mol. The predicted octanol–water partition coefficient (Wildman–Crippen LogP) is 4.51. The first-order valence-electron chi connectivity index (χ1n) is 4.72. The number of rotatable bonds is 3. The molecule has 3 heteroatoms. The van der Waals surface area contributed by atoms with Gasteiger partial charge in [-0.05, 0) is 53.6 Å². The molecule has 0 spiro atoms. The Labute approximate surface area is 108 Å². The summed E-state index contributed by atoms with van der Waals surface area (Å²) in [6, 6.07) is 6.80. The van der Waals surface area contributed by atoms with Crippen LogP contribution in [0.5, 0.6) is 0 Å². The summed E-state index contributed by atoms with van der Waals surface area (Å²) in [7, 11) is 0. The average molecular weight is 368 g/mol. The normalized spacial score (nSPS) is 13.0. The Hall–Kier alpha value is 0.230. The third-order valence-electron chi connectivity index (χ3n) is 2.31. The second-order valence-corrected chi connectivity index (χ2v) is 5.88. The van der Waals surface area contributed by atoms with Crippen molar-refractivity contribution in [3.05, 3.63) is 26.2 Å². The van der Waals surface area contributed by atoms with Gasteiger partial charge in [-0.2, -0.15) is 0 Å². The maximum Gasteiger partial charge on any atom is 0.0489 e. The fraction of sp³-hybridized carbons (Fsp3) is 0.455. The largest absolute Gasteiger partial charge is 0.381 e. The van der Waals surface area contributed by atoms with Crippen molar-refractivity contribution in [2.45, 2.75) is 26.8 Å². The first-order chi connectivity index (χ1) is 6.50. The first kappa shape index (κ1) is 12.3. The lowest BCUT2D eigenvalue weighted by Crippen LogP contribution is -2.21. The van der Waals surface area contributed by atoms with Gasteiger partial charge in [-0.25, -0.2) is 0 Å². The Bertz CT molecular complexity index is 312. The molecule has 1 nitrogen and oxygen atoms in total. The second-order valence-electron chi connectivity index (χ2n) is 3.80. The summed E-state index contributed by atoms with van der Waals surface area (Å²) >= 11 is 5.83. The quantitative estimate of drug-likeness (QED) is 0.775. The molecule has 0 fully saturated rings. The molecule has 0 aliphatic carbocycles. The molecule has 0 bridgehead atoms. The highest BCUT2D eigenvalue weighted by atomic mass is 127.